The molecular formula is C15H21Cl2NO. The molecule has 4 heteroatoms. The quantitative estimate of drug-likeness (QED) is 0.784. The minimum atomic E-state index is 0.244. The molecule has 0 fully saturated rings. The van der Waals surface area contributed by atoms with Crippen LogP contribution in [0.4, 0.5) is 0 Å². The summed E-state index contributed by atoms with van der Waals surface area (Å²) in [5.41, 5.74) is 3.69. The Morgan fingerprint density at radius 3 is 2.84 bits per heavy atom. The van der Waals surface area contributed by atoms with Crippen molar-refractivity contribution in [1.29, 1.82) is 0 Å². The first kappa shape index (κ1) is 16.4. The summed E-state index contributed by atoms with van der Waals surface area (Å²) in [6.07, 6.45) is 1.10. The van der Waals surface area contributed by atoms with E-state index < -0.39 is 0 Å². The summed E-state index contributed by atoms with van der Waals surface area (Å²) in [5.74, 6) is 0.846. The van der Waals surface area contributed by atoms with E-state index in [1.165, 1.54) is 11.1 Å². The molecule has 0 amide bonds. The van der Waals surface area contributed by atoms with Gasteiger partial charge in [0.15, 0.2) is 0 Å². The van der Waals surface area contributed by atoms with Crippen LogP contribution in [0.3, 0.4) is 0 Å². The lowest BCUT2D eigenvalue weighted by molar-refractivity contribution is 0.350. The number of halogens is 2. The van der Waals surface area contributed by atoms with Gasteiger partial charge in [-0.2, -0.15) is 0 Å². The van der Waals surface area contributed by atoms with Crippen molar-refractivity contribution in [1.82, 2.24) is 5.32 Å². The summed E-state index contributed by atoms with van der Waals surface area (Å²) < 4.78 is 5.72. The van der Waals surface area contributed by atoms with Crippen LogP contribution in [-0.4, -0.2) is 13.2 Å². The van der Waals surface area contributed by atoms with Crippen molar-refractivity contribution >= 4 is 23.2 Å². The summed E-state index contributed by atoms with van der Waals surface area (Å²) in [6, 6.07) is 6.39. The second kappa shape index (κ2) is 8.47. The number of rotatable bonds is 7. The molecule has 0 aliphatic heterocycles. The Balaban J connectivity index is 2.84. The average molecular weight is 302 g/mol. The van der Waals surface area contributed by atoms with Crippen LogP contribution in [0.25, 0.3) is 0 Å². The van der Waals surface area contributed by atoms with Crippen molar-refractivity contribution in [2.75, 3.05) is 13.2 Å². The van der Waals surface area contributed by atoms with E-state index in [9.17, 15) is 0 Å². The molecule has 0 bridgehead atoms. The fourth-order valence-corrected chi connectivity index (χ4v) is 1.90. The van der Waals surface area contributed by atoms with Gasteiger partial charge in [-0.1, -0.05) is 47.8 Å². The average Bonchev–Trinajstić information content (AvgIpc) is 2.42. The molecule has 1 rings (SSSR count). The normalized spacial score (nSPS) is 13.4. The summed E-state index contributed by atoms with van der Waals surface area (Å²) in [7, 11) is 0. The van der Waals surface area contributed by atoms with Crippen LogP contribution < -0.4 is 10.1 Å². The maximum atomic E-state index is 5.85. The Kier molecular flexibility index (Phi) is 7.29. The zero-order valence-electron chi connectivity index (χ0n) is 11.7. The van der Waals surface area contributed by atoms with Gasteiger partial charge in [-0.3, -0.25) is 0 Å². The van der Waals surface area contributed by atoms with E-state index in [1.54, 1.807) is 0 Å². The molecule has 0 spiro atoms. The molecule has 0 saturated heterocycles. The van der Waals surface area contributed by atoms with Gasteiger partial charge in [0, 0.05) is 17.1 Å². The molecule has 0 radical (unpaired) electrons. The van der Waals surface area contributed by atoms with Crippen LogP contribution in [0.15, 0.2) is 28.8 Å². The van der Waals surface area contributed by atoms with Crippen molar-refractivity contribution in [2.45, 2.75) is 33.2 Å². The third kappa shape index (κ3) is 5.43. The number of nitrogens with one attached hydrogen (secondary N) is 1. The van der Waals surface area contributed by atoms with Crippen LogP contribution in [0.5, 0.6) is 5.75 Å². The second-order valence-electron chi connectivity index (χ2n) is 4.56. The number of aryl methyl sites for hydroxylation is 1. The molecule has 0 aliphatic rings. The summed E-state index contributed by atoms with van der Waals surface area (Å²) in [4.78, 5) is 0. The monoisotopic (exact) mass is 301 g/mol. The first-order valence-electron chi connectivity index (χ1n) is 6.50. The van der Waals surface area contributed by atoms with Crippen LogP contribution in [0, 0.1) is 6.92 Å². The lowest BCUT2D eigenvalue weighted by Gasteiger charge is -2.18. The van der Waals surface area contributed by atoms with Gasteiger partial charge < -0.3 is 10.1 Å². The maximum Gasteiger partial charge on any atom is 0.125 e. The highest BCUT2D eigenvalue weighted by molar-refractivity contribution is 6.36. The van der Waals surface area contributed by atoms with Gasteiger partial charge in [0.25, 0.3) is 0 Å². The number of hydrogen-bond donors (Lipinski definition) is 1. The van der Waals surface area contributed by atoms with Crippen molar-refractivity contribution in [3.8, 4) is 5.75 Å². The highest BCUT2D eigenvalue weighted by atomic mass is 35.5. The van der Waals surface area contributed by atoms with E-state index in [2.05, 4.69) is 32.2 Å². The third-order valence-corrected chi connectivity index (χ3v) is 3.41. The van der Waals surface area contributed by atoms with Crippen LogP contribution in [0.1, 0.15) is 37.4 Å². The van der Waals surface area contributed by atoms with E-state index in [-0.39, 0.29) is 6.04 Å². The van der Waals surface area contributed by atoms with E-state index >= 15 is 0 Å². The molecule has 0 heterocycles. The van der Waals surface area contributed by atoms with Crippen LogP contribution in [0.2, 0.25) is 0 Å². The summed E-state index contributed by atoms with van der Waals surface area (Å²) in [6.45, 7) is 7.64. The minimum absolute atomic E-state index is 0.244. The van der Waals surface area contributed by atoms with Crippen LogP contribution in [-0.2, 0) is 0 Å². The highest BCUT2D eigenvalue weighted by Crippen LogP contribution is 2.27. The van der Waals surface area contributed by atoms with Crippen molar-refractivity contribution in [3.63, 3.8) is 0 Å². The fourth-order valence-electron chi connectivity index (χ4n) is 1.79. The van der Waals surface area contributed by atoms with E-state index in [0.29, 0.717) is 11.6 Å². The third-order valence-electron chi connectivity index (χ3n) is 2.82. The zero-order chi connectivity index (χ0) is 14.3. The molecule has 2 nitrogen and oxygen atoms in total. The molecule has 106 valence electrons. The topological polar surface area (TPSA) is 21.3 Å². The van der Waals surface area contributed by atoms with Gasteiger partial charge in [0.2, 0.25) is 0 Å². The molecule has 1 aromatic rings. The van der Waals surface area contributed by atoms with E-state index in [1.807, 2.05) is 12.1 Å². The Bertz CT molecular complexity index is 432. The highest BCUT2D eigenvalue weighted by Gasteiger charge is 2.11. The molecule has 1 unspecified atom stereocenters. The Morgan fingerprint density at radius 2 is 2.21 bits per heavy atom. The summed E-state index contributed by atoms with van der Waals surface area (Å²) >= 11 is 11.4. The van der Waals surface area contributed by atoms with Gasteiger partial charge in [0.1, 0.15) is 12.4 Å². The van der Waals surface area contributed by atoms with E-state index in [0.717, 1.165) is 24.3 Å². The summed E-state index contributed by atoms with van der Waals surface area (Å²) in [5, 5.41) is 3.95. The van der Waals surface area contributed by atoms with Gasteiger partial charge >= 0.3 is 0 Å². The smallest absolute Gasteiger partial charge is 0.125 e. The van der Waals surface area contributed by atoms with Gasteiger partial charge in [-0.15, -0.1) is 0 Å². The maximum absolute atomic E-state index is 5.85. The van der Waals surface area contributed by atoms with Gasteiger partial charge in [0.05, 0.1) is 5.03 Å². The van der Waals surface area contributed by atoms with E-state index in [4.69, 9.17) is 27.9 Å². The second-order valence-corrected chi connectivity index (χ2v) is 5.27. The number of ether oxygens (including phenoxy) is 1. The lowest BCUT2D eigenvalue weighted by atomic mass is 10.0. The molecule has 0 aromatic heterocycles. The molecule has 0 saturated carbocycles. The first-order valence-corrected chi connectivity index (χ1v) is 7.31. The van der Waals surface area contributed by atoms with Crippen molar-refractivity contribution in [2.24, 2.45) is 0 Å². The molecule has 1 aromatic carbocycles. The molecule has 1 atom stereocenters. The minimum Gasteiger partial charge on any atom is -0.488 e. The molecule has 19 heavy (non-hydrogen) atoms. The number of benzene rings is 1. The number of hydrogen-bond acceptors (Lipinski definition) is 2. The Morgan fingerprint density at radius 1 is 1.47 bits per heavy atom. The SMILES string of the molecule is CCCNC(C)c1cc(C)ccc1OCC(Cl)=CCl. The molecular weight excluding hydrogens is 281 g/mol. The predicted octanol–water partition coefficient (Wildman–Crippen LogP) is 4.75. The van der Waals surface area contributed by atoms with Gasteiger partial charge in [-0.25, -0.2) is 0 Å². The lowest BCUT2D eigenvalue weighted by Crippen LogP contribution is -2.20. The predicted molar refractivity (Wildman–Crippen MR) is 83.2 cm³/mol. The molecule has 0 aliphatic carbocycles. The standard InChI is InChI=1S/C15H21Cl2NO/c1-4-7-18-12(3)14-8-11(2)5-6-15(14)19-10-13(17)9-16/h5-6,8-9,12,18H,4,7,10H2,1-3H3. The Labute approximate surface area is 125 Å². The Hall–Kier alpha value is -0.700. The first-order chi connectivity index (χ1) is 9.08. The zero-order valence-corrected chi connectivity index (χ0v) is 13.2. The fraction of sp³-hybridized carbons (Fsp3) is 0.467. The largest absolute Gasteiger partial charge is 0.488 e. The van der Waals surface area contributed by atoms with Crippen LogP contribution >= 0.6 is 23.2 Å². The van der Waals surface area contributed by atoms with Crippen molar-refractivity contribution in [3.05, 3.63) is 39.9 Å². The molecule has 1 N–H and O–H groups in total. The van der Waals surface area contributed by atoms with Gasteiger partial charge in [-0.05, 0) is 32.9 Å². The van der Waals surface area contributed by atoms with Crippen molar-refractivity contribution < 1.29 is 4.74 Å².